The molecule has 0 aliphatic heterocycles. The summed E-state index contributed by atoms with van der Waals surface area (Å²) in [6.07, 6.45) is 1.77. The average molecular weight is 402 g/mol. The number of H-pyrrole nitrogens is 2. The maximum atomic E-state index is 13.0. The van der Waals surface area contributed by atoms with Crippen molar-refractivity contribution in [1.82, 2.24) is 20.3 Å². The van der Waals surface area contributed by atoms with Crippen molar-refractivity contribution < 1.29 is 9.53 Å². The summed E-state index contributed by atoms with van der Waals surface area (Å²) < 4.78 is 5.21. The zero-order valence-corrected chi connectivity index (χ0v) is 17.0. The minimum absolute atomic E-state index is 0.126. The van der Waals surface area contributed by atoms with Crippen LogP contribution < -0.4 is 15.6 Å². The molecule has 7 heteroatoms. The molecule has 30 heavy (non-hydrogen) atoms. The Balaban J connectivity index is 1.67. The van der Waals surface area contributed by atoms with Crippen LogP contribution in [0.4, 0.5) is 0 Å². The monoisotopic (exact) mass is 402 g/mol. The minimum Gasteiger partial charge on any atom is -0.497 e. The zero-order chi connectivity index (χ0) is 21.3. The van der Waals surface area contributed by atoms with Crippen LogP contribution >= 0.6 is 0 Å². The van der Waals surface area contributed by atoms with Gasteiger partial charge in [-0.25, -0.2) is 4.98 Å². The van der Waals surface area contributed by atoms with E-state index in [0.29, 0.717) is 17.0 Å². The summed E-state index contributed by atoms with van der Waals surface area (Å²) in [7, 11) is 1.61. The molecule has 4 aromatic rings. The first kappa shape index (κ1) is 19.4. The molecule has 0 radical (unpaired) electrons. The molecule has 3 heterocycles. The number of rotatable bonds is 5. The first-order valence-corrected chi connectivity index (χ1v) is 9.56. The highest BCUT2D eigenvalue weighted by molar-refractivity contribution is 6.05. The van der Waals surface area contributed by atoms with Crippen molar-refractivity contribution in [3.63, 3.8) is 0 Å². The lowest BCUT2D eigenvalue weighted by Crippen LogP contribution is -2.28. The standard InChI is InChI=1S/C23H22N4O3/c1-13-10-14(2)26-22(28)18(13)12-25-23(29)21-17-8-9-24-20(17)11-19(27-21)15-4-6-16(30-3)7-5-15/h4-11,24H,12H2,1-3H3,(H,25,29)(H,26,28). The van der Waals surface area contributed by atoms with Gasteiger partial charge in [-0.1, -0.05) is 0 Å². The van der Waals surface area contributed by atoms with Gasteiger partial charge < -0.3 is 20.0 Å². The zero-order valence-electron chi connectivity index (χ0n) is 17.0. The fourth-order valence-corrected chi connectivity index (χ4v) is 3.49. The van der Waals surface area contributed by atoms with Crippen molar-refractivity contribution in [2.75, 3.05) is 7.11 Å². The van der Waals surface area contributed by atoms with E-state index < -0.39 is 0 Å². The Hall–Kier alpha value is -3.87. The molecular weight excluding hydrogens is 380 g/mol. The number of hydrogen-bond donors (Lipinski definition) is 3. The number of amides is 1. The summed E-state index contributed by atoms with van der Waals surface area (Å²) in [4.78, 5) is 35.7. The van der Waals surface area contributed by atoms with Crippen molar-refractivity contribution >= 4 is 16.8 Å². The molecule has 0 atom stereocenters. The van der Waals surface area contributed by atoms with Crippen molar-refractivity contribution in [2.45, 2.75) is 20.4 Å². The van der Waals surface area contributed by atoms with Gasteiger partial charge in [0.05, 0.1) is 12.8 Å². The SMILES string of the molecule is COc1ccc(-c2cc3[nH]ccc3c(C(=O)NCc3c(C)cc(C)[nH]c3=O)n2)cc1. The number of carbonyl (C=O) groups is 1. The maximum absolute atomic E-state index is 13.0. The van der Waals surface area contributed by atoms with Crippen LogP contribution in [0.5, 0.6) is 5.75 Å². The van der Waals surface area contributed by atoms with E-state index in [1.807, 2.05) is 56.3 Å². The highest BCUT2D eigenvalue weighted by Gasteiger charge is 2.16. The van der Waals surface area contributed by atoms with Crippen LogP contribution in [0.25, 0.3) is 22.2 Å². The van der Waals surface area contributed by atoms with Gasteiger partial charge in [0.15, 0.2) is 0 Å². The molecule has 0 unspecified atom stereocenters. The number of aromatic amines is 2. The first-order valence-electron chi connectivity index (χ1n) is 9.56. The predicted molar refractivity (Wildman–Crippen MR) is 116 cm³/mol. The van der Waals surface area contributed by atoms with E-state index in [0.717, 1.165) is 33.5 Å². The number of fused-ring (bicyclic) bond motifs is 1. The van der Waals surface area contributed by atoms with Crippen molar-refractivity contribution in [3.8, 4) is 17.0 Å². The summed E-state index contributed by atoms with van der Waals surface area (Å²) >= 11 is 0. The Labute approximate surface area is 173 Å². The van der Waals surface area contributed by atoms with Gasteiger partial charge >= 0.3 is 0 Å². The van der Waals surface area contributed by atoms with Crippen LogP contribution in [0, 0.1) is 13.8 Å². The molecule has 0 saturated carbocycles. The number of ether oxygens (including phenoxy) is 1. The third kappa shape index (κ3) is 3.69. The lowest BCUT2D eigenvalue weighted by Gasteiger charge is -2.10. The number of aromatic nitrogens is 3. The predicted octanol–water partition coefficient (Wildman–Crippen LogP) is 3.47. The molecule has 152 valence electrons. The number of aryl methyl sites for hydroxylation is 2. The highest BCUT2D eigenvalue weighted by atomic mass is 16.5. The van der Waals surface area contributed by atoms with Crippen LogP contribution in [0.15, 0.2) is 53.5 Å². The average Bonchev–Trinajstić information content (AvgIpc) is 3.21. The van der Waals surface area contributed by atoms with Crippen molar-refractivity contribution in [2.24, 2.45) is 0 Å². The Morgan fingerprint density at radius 3 is 2.60 bits per heavy atom. The lowest BCUT2D eigenvalue weighted by atomic mass is 10.1. The van der Waals surface area contributed by atoms with Gasteiger partial charge in [0.1, 0.15) is 11.4 Å². The quantitative estimate of drug-likeness (QED) is 0.476. The van der Waals surface area contributed by atoms with Gasteiger partial charge in [-0.2, -0.15) is 0 Å². The van der Waals surface area contributed by atoms with E-state index in [1.54, 1.807) is 13.3 Å². The van der Waals surface area contributed by atoms with Gasteiger partial charge in [0, 0.05) is 40.5 Å². The summed E-state index contributed by atoms with van der Waals surface area (Å²) in [5.74, 6) is 0.408. The number of nitrogens with zero attached hydrogens (tertiary/aromatic N) is 1. The molecule has 0 aliphatic rings. The first-order chi connectivity index (χ1) is 14.5. The third-order valence-electron chi connectivity index (χ3n) is 5.07. The van der Waals surface area contributed by atoms with E-state index in [9.17, 15) is 9.59 Å². The van der Waals surface area contributed by atoms with Crippen LogP contribution in [0.3, 0.4) is 0 Å². The molecule has 4 rings (SSSR count). The van der Waals surface area contributed by atoms with Gasteiger partial charge in [-0.15, -0.1) is 0 Å². The molecular formula is C23H22N4O3. The lowest BCUT2D eigenvalue weighted by molar-refractivity contribution is 0.0947. The Bertz CT molecular complexity index is 1290. The second-order valence-corrected chi connectivity index (χ2v) is 7.15. The van der Waals surface area contributed by atoms with Crippen LogP contribution in [-0.2, 0) is 6.54 Å². The summed E-state index contributed by atoms with van der Waals surface area (Å²) in [5, 5.41) is 3.56. The second-order valence-electron chi connectivity index (χ2n) is 7.15. The summed E-state index contributed by atoms with van der Waals surface area (Å²) in [6, 6.07) is 13.1. The minimum atomic E-state index is -0.339. The van der Waals surface area contributed by atoms with Crippen LogP contribution in [0.2, 0.25) is 0 Å². The second kappa shape index (κ2) is 7.87. The molecule has 1 amide bonds. The molecule has 0 saturated heterocycles. The fraction of sp³-hybridized carbons (Fsp3) is 0.174. The van der Waals surface area contributed by atoms with Gasteiger partial charge in [-0.3, -0.25) is 9.59 Å². The molecule has 7 nitrogen and oxygen atoms in total. The molecule has 3 N–H and O–H groups in total. The van der Waals surface area contributed by atoms with E-state index in [1.165, 1.54) is 0 Å². The summed E-state index contributed by atoms with van der Waals surface area (Å²) in [5.41, 5.74) is 4.62. The van der Waals surface area contributed by atoms with E-state index in [4.69, 9.17) is 4.74 Å². The largest absolute Gasteiger partial charge is 0.497 e. The molecule has 0 spiro atoms. The van der Waals surface area contributed by atoms with Crippen LogP contribution in [-0.4, -0.2) is 28.0 Å². The van der Waals surface area contributed by atoms with E-state index >= 15 is 0 Å². The summed E-state index contributed by atoms with van der Waals surface area (Å²) in [6.45, 7) is 3.81. The van der Waals surface area contributed by atoms with E-state index in [2.05, 4.69) is 20.3 Å². The van der Waals surface area contributed by atoms with Crippen molar-refractivity contribution in [1.29, 1.82) is 0 Å². The topological polar surface area (TPSA) is 99.9 Å². The van der Waals surface area contributed by atoms with Gasteiger partial charge in [-0.05, 0) is 61.9 Å². The number of nitrogens with one attached hydrogen (secondary N) is 3. The number of methoxy groups -OCH3 is 1. The number of hydrogen-bond acceptors (Lipinski definition) is 4. The third-order valence-corrected chi connectivity index (χ3v) is 5.07. The Morgan fingerprint density at radius 2 is 1.90 bits per heavy atom. The molecule has 1 aromatic carbocycles. The van der Waals surface area contributed by atoms with Gasteiger partial charge in [0.25, 0.3) is 11.5 Å². The van der Waals surface area contributed by atoms with Crippen molar-refractivity contribution in [3.05, 3.63) is 81.5 Å². The molecule has 3 aromatic heterocycles. The normalized spacial score (nSPS) is 10.9. The van der Waals surface area contributed by atoms with Gasteiger partial charge in [0.2, 0.25) is 0 Å². The highest BCUT2D eigenvalue weighted by Crippen LogP contribution is 2.26. The van der Waals surface area contributed by atoms with E-state index in [-0.39, 0.29) is 18.0 Å². The molecule has 0 aliphatic carbocycles. The Kier molecular flexibility index (Phi) is 5.10. The smallest absolute Gasteiger partial charge is 0.270 e. The van der Waals surface area contributed by atoms with Crippen LogP contribution in [0.1, 0.15) is 27.3 Å². The number of pyridine rings is 2. The fourth-order valence-electron chi connectivity index (χ4n) is 3.49. The number of benzene rings is 1. The maximum Gasteiger partial charge on any atom is 0.270 e. The molecule has 0 fully saturated rings. The number of carbonyl (C=O) groups excluding carboxylic acids is 1. The Morgan fingerprint density at radius 1 is 1.13 bits per heavy atom. The molecule has 0 bridgehead atoms.